The van der Waals surface area contributed by atoms with Gasteiger partial charge in [-0.3, -0.25) is 9.59 Å². The summed E-state index contributed by atoms with van der Waals surface area (Å²) in [5.41, 5.74) is 3.55. The zero-order valence-corrected chi connectivity index (χ0v) is 18.1. The van der Waals surface area contributed by atoms with Crippen molar-refractivity contribution in [3.8, 4) is 6.07 Å². The number of nitrogens with one attached hydrogen (secondary N) is 2. The molecule has 154 valence electrons. The molecule has 2 heterocycles. The molecule has 1 fully saturated rings. The van der Waals surface area contributed by atoms with Gasteiger partial charge in [0.25, 0.3) is 0 Å². The Balaban J connectivity index is 1.61. The van der Waals surface area contributed by atoms with E-state index in [4.69, 9.17) is 16.9 Å². The quantitative estimate of drug-likeness (QED) is 0.547. The van der Waals surface area contributed by atoms with Crippen molar-refractivity contribution in [2.75, 3.05) is 5.32 Å². The number of hydrogen-bond donors (Lipinski definition) is 2. The summed E-state index contributed by atoms with van der Waals surface area (Å²) in [6, 6.07) is 9.06. The molecule has 3 rings (SSSR count). The topological polar surface area (TPSA) is 112 Å². The molecule has 1 unspecified atom stereocenters. The second-order valence-electron chi connectivity index (χ2n) is 6.65. The van der Waals surface area contributed by atoms with Gasteiger partial charge in [-0.25, -0.2) is 0 Å². The Morgan fingerprint density at radius 1 is 1.47 bits per heavy atom. The van der Waals surface area contributed by atoms with Crippen LogP contribution in [0.5, 0.6) is 0 Å². The molecule has 30 heavy (non-hydrogen) atoms. The lowest BCUT2D eigenvalue weighted by Crippen LogP contribution is -2.28. The Hall–Kier alpha value is -3.09. The first-order valence-corrected chi connectivity index (χ1v) is 10.3. The van der Waals surface area contributed by atoms with Gasteiger partial charge in [-0.05, 0) is 37.6 Å². The third-order valence-corrected chi connectivity index (χ3v) is 6.21. The first kappa shape index (κ1) is 21.6. The normalized spacial score (nSPS) is 17.4. The van der Waals surface area contributed by atoms with Crippen LogP contribution in [0.4, 0.5) is 5.69 Å². The molecular formula is C20H19ClN6O2S. The molecule has 2 aromatic rings. The van der Waals surface area contributed by atoms with E-state index in [-0.39, 0.29) is 18.2 Å². The maximum Gasteiger partial charge on any atom is 0.240 e. The Bertz CT molecular complexity index is 1120. The fourth-order valence-electron chi connectivity index (χ4n) is 2.80. The minimum Gasteiger partial charge on any atom is -0.339 e. The van der Waals surface area contributed by atoms with Crippen LogP contribution in [0, 0.1) is 25.2 Å². The first-order chi connectivity index (χ1) is 14.3. The van der Waals surface area contributed by atoms with E-state index >= 15 is 0 Å². The number of amidine groups is 1. The fourth-order valence-corrected chi connectivity index (χ4v) is 3.90. The minimum atomic E-state index is -0.595. The molecule has 1 aromatic heterocycles. The van der Waals surface area contributed by atoms with Crippen LogP contribution in [0.15, 0.2) is 34.5 Å². The van der Waals surface area contributed by atoms with Crippen molar-refractivity contribution >= 4 is 52.2 Å². The highest BCUT2D eigenvalue weighted by molar-refractivity contribution is 8.15. The highest BCUT2D eigenvalue weighted by atomic mass is 35.5. The van der Waals surface area contributed by atoms with Gasteiger partial charge < -0.3 is 15.2 Å². The summed E-state index contributed by atoms with van der Waals surface area (Å²) in [6.07, 6.45) is 1.52. The van der Waals surface area contributed by atoms with Crippen molar-refractivity contribution in [1.29, 1.82) is 5.26 Å². The molecule has 8 nitrogen and oxygen atoms in total. The third-order valence-electron chi connectivity index (χ3n) is 4.72. The number of carbonyl (C=O) groups excluding carboxylic acids is 2. The number of rotatable bonds is 5. The van der Waals surface area contributed by atoms with Crippen LogP contribution in [0.25, 0.3) is 0 Å². The molecule has 1 atom stereocenters. The molecule has 0 aliphatic carbocycles. The summed E-state index contributed by atoms with van der Waals surface area (Å²) in [6.45, 7) is 3.68. The average Bonchev–Trinajstić information content (AvgIpc) is 3.19. The molecular weight excluding hydrogens is 424 g/mol. The fraction of sp³-hybridized carbons (Fsp3) is 0.250. The number of aromatic nitrogens is 1. The number of anilines is 1. The van der Waals surface area contributed by atoms with E-state index in [9.17, 15) is 9.59 Å². The standard InChI is InChI=1S/C20H19ClN6O2S/c1-11-15(21)5-4-6-16(11)24-18(28)8-17-19(29)25-20(30-17)26-23-10-13-7-14(9-22)27(3)12(13)2/h4-7,10,17H,8H2,1-3H3,(H,24,28)(H,25,26,29). The molecule has 0 saturated carbocycles. The van der Waals surface area contributed by atoms with Crippen LogP contribution in [-0.2, 0) is 16.6 Å². The zero-order chi connectivity index (χ0) is 21.8. The van der Waals surface area contributed by atoms with Crippen molar-refractivity contribution in [2.24, 2.45) is 17.3 Å². The summed E-state index contributed by atoms with van der Waals surface area (Å²) in [5, 5.41) is 22.8. The van der Waals surface area contributed by atoms with E-state index in [1.807, 2.05) is 13.8 Å². The van der Waals surface area contributed by atoms with Gasteiger partial charge in [0.2, 0.25) is 11.8 Å². The number of nitrogens with zero attached hydrogens (tertiary/aromatic N) is 4. The maximum atomic E-state index is 12.3. The lowest BCUT2D eigenvalue weighted by Gasteiger charge is -2.10. The van der Waals surface area contributed by atoms with Gasteiger partial charge in [-0.15, -0.1) is 5.10 Å². The Kier molecular flexibility index (Phi) is 6.59. The van der Waals surface area contributed by atoms with Crippen molar-refractivity contribution in [1.82, 2.24) is 9.88 Å². The number of thioether (sulfide) groups is 1. The van der Waals surface area contributed by atoms with Crippen molar-refractivity contribution in [2.45, 2.75) is 25.5 Å². The van der Waals surface area contributed by atoms with Gasteiger partial charge in [0, 0.05) is 35.4 Å². The summed E-state index contributed by atoms with van der Waals surface area (Å²) in [7, 11) is 1.80. The van der Waals surface area contributed by atoms with Gasteiger partial charge in [0.05, 0.1) is 6.21 Å². The largest absolute Gasteiger partial charge is 0.339 e. The third kappa shape index (κ3) is 4.72. The van der Waals surface area contributed by atoms with Gasteiger partial charge in [0.1, 0.15) is 17.0 Å². The summed E-state index contributed by atoms with van der Waals surface area (Å²) in [4.78, 5) is 24.5. The Labute approximate surface area is 183 Å². The summed E-state index contributed by atoms with van der Waals surface area (Å²) in [5.74, 6) is -0.587. The van der Waals surface area contributed by atoms with Crippen molar-refractivity contribution < 1.29 is 9.59 Å². The van der Waals surface area contributed by atoms with E-state index < -0.39 is 5.25 Å². The number of benzene rings is 1. The monoisotopic (exact) mass is 442 g/mol. The lowest BCUT2D eigenvalue weighted by atomic mass is 10.2. The number of nitriles is 1. The van der Waals surface area contributed by atoms with Gasteiger partial charge in [-0.1, -0.05) is 29.4 Å². The van der Waals surface area contributed by atoms with Crippen LogP contribution in [0.3, 0.4) is 0 Å². The SMILES string of the molecule is Cc1c(Cl)cccc1NC(=O)CC1S/C(=N/N=Cc2cc(C#N)n(C)c2C)NC1=O. The average molecular weight is 443 g/mol. The molecule has 1 aliphatic heterocycles. The zero-order valence-electron chi connectivity index (χ0n) is 16.6. The molecule has 10 heteroatoms. The molecule has 2 amide bonds. The van der Waals surface area contributed by atoms with E-state index in [0.717, 1.165) is 28.6 Å². The number of halogens is 1. The maximum absolute atomic E-state index is 12.3. The van der Waals surface area contributed by atoms with E-state index in [1.54, 1.807) is 35.9 Å². The predicted molar refractivity (Wildman–Crippen MR) is 119 cm³/mol. The van der Waals surface area contributed by atoms with Crippen LogP contribution < -0.4 is 10.6 Å². The molecule has 0 bridgehead atoms. The molecule has 0 radical (unpaired) electrons. The van der Waals surface area contributed by atoms with Crippen molar-refractivity contribution in [3.63, 3.8) is 0 Å². The number of carbonyl (C=O) groups is 2. The second kappa shape index (κ2) is 9.15. The highest BCUT2D eigenvalue weighted by Gasteiger charge is 2.32. The molecule has 1 aromatic carbocycles. The molecule has 1 aliphatic rings. The molecule has 1 saturated heterocycles. The van der Waals surface area contributed by atoms with Gasteiger partial charge >= 0.3 is 0 Å². The molecule has 0 spiro atoms. The summed E-state index contributed by atoms with van der Waals surface area (Å²) < 4.78 is 1.76. The van der Waals surface area contributed by atoms with E-state index in [2.05, 4.69) is 26.9 Å². The van der Waals surface area contributed by atoms with Gasteiger partial charge in [-0.2, -0.15) is 10.4 Å². The lowest BCUT2D eigenvalue weighted by molar-refractivity contribution is -0.122. The van der Waals surface area contributed by atoms with Crippen LogP contribution >= 0.6 is 23.4 Å². The second-order valence-corrected chi connectivity index (χ2v) is 8.25. The summed E-state index contributed by atoms with van der Waals surface area (Å²) >= 11 is 7.21. The van der Waals surface area contributed by atoms with Crippen LogP contribution in [0.2, 0.25) is 5.02 Å². The predicted octanol–water partition coefficient (Wildman–Crippen LogP) is 3.12. The Morgan fingerprint density at radius 2 is 2.23 bits per heavy atom. The van der Waals surface area contributed by atoms with Gasteiger partial charge in [0.15, 0.2) is 5.17 Å². The van der Waals surface area contributed by atoms with Crippen LogP contribution in [0.1, 0.15) is 28.9 Å². The first-order valence-electron chi connectivity index (χ1n) is 9.00. The van der Waals surface area contributed by atoms with Crippen molar-refractivity contribution in [3.05, 3.63) is 51.8 Å². The van der Waals surface area contributed by atoms with Crippen LogP contribution in [-0.4, -0.2) is 33.0 Å². The molecule has 2 N–H and O–H groups in total. The Morgan fingerprint density at radius 3 is 2.93 bits per heavy atom. The number of hydrogen-bond acceptors (Lipinski definition) is 6. The highest BCUT2D eigenvalue weighted by Crippen LogP contribution is 2.26. The smallest absolute Gasteiger partial charge is 0.240 e. The van der Waals surface area contributed by atoms with E-state index in [1.165, 1.54) is 6.21 Å². The minimum absolute atomic E-state index is 0.00545. The van der Waals surface area contributed by atoms with E-state index in [0.29, 0.717) is 21.6 Å². The number of amides is 2.